The maximum absolute atomic E-state index is 12.8. The molecule has 2 N–H and O–H groups in total. The zero-order valence-electron chi connectivity index (χ0n) is 13.0. The zero-order chi connectivity index (χ0) is 16.0. The van der Waals surface area contributed by atoms with Crippen LogP contribution in [0.3, 0.4) is 0 Å². The Morgan fingerprint density at radius 3 is 2.29 bits per heavy atom. The lowest BCUT2D eigenvalue weighted by atomic mass is 9.93. The van der Waals surface area contributed by atoms with E-state index >= 15 is 0 Å². The Morgan fingerprint density at radius 2 is 1.76 bits per heavy atom. The first-order valence-corrected chi connectivity index (χ1v) is 7.93. The van der Waals surface area contributed by atoms with Gasteiger partial charge in [-0.2, -0.15) is 13.2 Å². The minimum atomic E-state index is -4.37. The van der Waals surface area contributed by atoms with Crippen molar-refractivity contribution < 1.29 is 18.0 Å². The van der Waals surface area contributed by atoms with Crippen LogP contribution in [0.2, 0.25) is 0 Å². The van der Waals surface area contributed by atoms with E-state index in [4.69, 9.17) is 5.73 Å². The predicted octanol–water partition coefficient (Wildman–Crippen LogP) is 3.47. The van der Waals surface area contributed by atoms with Gasteiger partial charge in [0.15, 0.2) is 0 Å². The van der Waals surface area contributed by atoms with Gasteiger partial charge in [-0.15, -0.1) is 0 Å². The molecule has 1 amide bonds. The summed E-state index contributed by atoms with van der Waals surface area (Å²) in [4.78, 5) is 13.7. The standard InChI is InChI=1S/C15H27F3N2O/c1-3-11(4-2)20(10-15(16,17)18)14(21)12-8-6-5-7-9-13(12)19/h11-13H,3-10,19H2,1-2H3. The largest absolute Gasteiger partial charge is 0.406 e. The van der Waals surface area contributed by atoms with Gasteiger partial charge in [-0.05, 0) is 25.7 Å². The molecular weight excluding hydrogens is 281 g/mol. The van der Waals surface area contributed by atoms with Crippen molar-refractivity contribution in [3.05, 3.63) is 0 Å². The van der Waals surface area contributed by atoms with Crippen LogP contribution < -0.4 is 5.73 Å². The topological polar surface area (TPSA) is 46.3 Å². The van der Waals surface area contributed by atoms with Gasteiger partial charge in [0.2, 0.25) is 5.91 Å². The third-order valence-corrected chi connectivity index (χ3v) is 4.40. The van der Waals surface area contributed by atoms with Crippen LogP contribution in [-0.4, -0.2) is 35.6 Å². The average Bonchev–Trinajstić information content (AvgIpc) is 2.61. The minimum Gasteiger partial charge on any atom is -0.330 e. The molecule has 1 fully saturated rings. The fraction of sp³-hybridized carbons (Fsp3) is 0.933. The molecular formula is C15H27F3N2O. The number of nitrogens with zero attached hydrogens (tertiary/aromatic N) is 1. The molecule has 1 aliphatic carbocycles. The maximum Gasteiger partial charge on any atom is 0.406 e. The van der Waals surface area contributed by atoms with Gasteiger partial charge in [-0.3, -0.25) is 4.79 Å². The molecule has 0 aromatic rings. The lowest BCUT2D eigenvalue weighted by molar-refractivity contribution is -0.169. The third kappa shape index (κ3) is 5.49. The second kappa shape index (κ2) is 8.01. The van der Waals surface area contributed by atoms with Crippen LogP contribution >= 0.6 is 0 Å². The van der Waals surface area contributed by atoms with Crippen LogP contribution in [0.25, 0.3) is 0 Å². The Hall–Kier alpha value is -0.780. The molecule has 3 nitrogen and oxygen atoms in total. The SMILES string of the molecule is CCC(CC)N(CC(F)(F)F)C(=O)C1CCCCCC1N. The summed E-state index contributed by atoms with van der Waals surface area (Å²) in [5.74, 6) is -0.870. The summed E-state index contributed by atoms with van der Waals surface area (Å²) in [5, 5.41) is 0. The molecule has 0 spiro atoms. The van der Waals surface area contributed by atoms with E-state index in [0.717, 1.165) is 30.6 Å². The van der Waals surface area contributed by atoms with E-state index in [0.29, 0.717) is 19.3 Å². The molecule has 0 heterocycles. The van der Waals surface area contributed by atoms with Gasteiger partial charge >= 0.3 is 6.18 Å². The van der Waals surface area contributed by atoms with Crippen molar-refractivity contribution >= 4 is 5.91 Å². The molecule has 0 aliphatic heterocycles. The van der Waals surface area contributed by atoms with Gasteiger partial charge in [0.1, 0.15) is 6.54 Å². The molecule has 1 aliphatic rings. The molecule has 0 radical (unpaired) electrons. The Labute approximate surface area is 125 Å². The summed E-state index contributed by atoms with van der Waals surface area (Å²) in [7, 11) is 0. The summed E-state index contributed by atoms with van der Waals surface area (Å²) < 4.78 is 38.5. The molecule has 124 valence electrons. The van der Waals surface area contributed by atoms with Crippen molar-refractivity contribution in [3.63, 3.8) is 0 Å². The van der Waals surface area contributed by atoms with Crippen LogP contribution in [0.5, 0.6) is 0 Å². The fourth-order valence-corrected chi connectivity index (χ4v) is 3.17. The fourth-order valence-electron chi connectivity index (χ4n) is 3.17. The Bertz CT molecular complexity index is 329. The monoisotopic (exact) mass is 308 g/mol. The zero-order valence-corrected chi connectivity index (χ0v) is 13.0. The Kier molecular flexibility index (Phi) is 6.97. The van der Waals surface area contributed by atoms with E-state index in [1.807, 2.05) is 13.8 Å². The van der Waals surface area contributed by atoms with Gasteiger partial charge in [-0.25, -0.2) is 0 Å². The number of hydrogen-bond donors (Lipinski definition) is 1. The van der Waals surface area contributed by atoms with E-state index in [9.17, 15) is 18.0 Å². The van der Waals surface area contributed by atoms with Crippen molar-refractivity contribution in [2.24, 2.45) is 11.7 Å². The average molecular weight is 308 g/mol. The third-order valence-electron chi connectivity index (χ3n) is 4.40. The molecule has 0 aromatic carbocycles. The second-order valence-corrected chi connectivity index (χ2v) is 5.96. The minimum absolute atomic E-state index is 0.315. The first-order chi connectivity index (χ1) is 9.80. The quantitative estimate of drug-likeness (QED) is 0.790. The molecule has 0 aromatic heterocycles. The Morgan fingerprint density at radius 1 is 1.19 bits per heavy atom. The van der Waals surface area contributed by atoms with E-state index in [-0.39, 0.29) is 12.1 Å². The van der Waals surface area contributed by atoms with Crippen molar-refractivity contribution in [2.45, 2.75) is 77.1 Å². The highest BCUT2D eigenvalue weighted by atomic mass is 19.4. The summed E-state index contributed by atoms with van der Waals surface area (Å²) in [6, 6.07) is -0.681. The molecule has 1 saturated carbocycles. The first kappa shape index (κ1) is 18.3. The number of alkyl halides is 3. The van der Waals surface area contributed by atoms with E-state index in [2.05, 4.69) is 0 Å². The molecule has 6 heteroatoms. The number of hydrogen-bond acceptors (Lipinski definition) is 2. The normalized spacial score (nSPS) is 24.0. The van der Waals surface area contributed by atoms with Gasteiger partial charge in [0, 0.05) is 12.1 Å². The van der Waals surface area contributed by atoms with Gasteiger partial charge in [0.25, 0.3) is 0 Å². The van der Waals surface area contributed by atoms with Crippen LogP contribution in [-0.2, 0) is 4.79 Å². The van der Waals surface area contributed by atoms with Crippen LogP contribution in [0.1, 0.15) is 58.8 Å². The summed E-state index contributed by atoms with van der Waals surface area (Å²) >= 11 is 0. The lowest BCUT2D eigenvalue weighted by Gasteiger charge is -2.35. The van der Waals surface area contributed by atoms with E-state index < -0.39 is 24.5 Å². The summed E-state index contributed by atoms with van der Waals surface area (Å²) in [6.07, 6.45) is 0.838. The van der Waals surface area contributed by atoms with Crippen LogP contribution in [0.4, 0.5) is 13.2 Å². The molecule has 0 saturated heterocycles. The molecule has 21 heavy (non-hydrogen) atoms. The predicted molar refractivity (Wildman–Crippen MR) is 76.7 cm³/mol. The lowest BCUT2D eigenvalue weighted by Crippen LogP contribution is -2.51. The first-order valence-electron chi connectivity index (χ1n) is 7.93. The summed E-state index contributed by atoms with van der Waals surface area (Å²) in [6.45, 7) is 2.47. The molecule has 2 atom stereocenters. The number of carbonyl (C=O) groups is 1. The highest BCUT2D eigenvalue weighted by molar-refractivity contribution is 5.80. The smallest absolute Gasteiger partial charge is 0.330 e. The number of halogens is 3. The highest BCUT2D eigenvalue weighted by Gasteiger charge is 2.39. The van der Waals surface area contributed by atoms with E-state index in [1.54, 1.807) is 0 Å². The van der Waals surface area contributed by atoms with Gasteiger partial charge in [-0.1, -0.05) is 33.1 Å². The number of nitrogens with two attached hydrogens (primary N) is 1. The van der Waals surface area contributed by atoms with E-state index in [1.165, 1.54) is 0 Å². The van der Waals surface area contributed by atoms with Crippen molar-refractivity contribution in [1.82, 2.24) is 4.90 Å². The molecule has 1 rings (SSSR count). The second-order valence-electron chi connectivity index (χ2n) is 5.96. The number of rotatable bonds is 5. The van der Waals surface area contributed by atoms with Crippen molar-refractivity contribution in [3.8, 4) is 0 Å². The molecule has 0 bridgehead atoms. The van der Waals surface area contributed by atoms with Crippen LogP contribution in [0, 0.1) is 5.92 Å². The number of carbonyl (C=O) groups excluding carboxylic acids is 1. The maximum atomic E-state index is 12.8. The van der Waals surface area contributed by atoms with Gasteiger partial charge in [0.05, 0.1) is 5.92 Å². The molecule has 2 unspecified atom stereocenters. The highest BCUT2D eigenvalue weighted by Crippen LogP contribution is 2.28. The Balaban J connectivity index is 2.91. The number of amides is 1. The van der Waals surface area contributed by atoms with Crippen LogP contribution in [0.15, 0.2) is 0 Å². The van der Waals surface area contributed by atoms with Crippen molar-refractivity contribution in [1.29, 1.82) is 0 Å². The van der Waals surface area contributed by atoms with Crippen molar-refractivity contribution in [2.75, 3.05) is 6.54 Å². The summed E-state index contributed by atoms with van der Waals surface area (Å²) in [5.41, 5.74) is 6.04. The van der Waals surface area contributed by atoms with Gasteiger partial charge < -0.3 is 10.6 Å².